The molecular formula is FeO4-2. The first-order chi connectivity index (χ1) is 0. The van der Waals surface area contributed by atoms with Crippen LogP contribution < -0.4 is 0 Å². The van der Waals surface area contributed by atoms with E-state index in [4.69, 9.17) is 0 Å². The average molecular weight is 120 g/mol. The van der Waals surface area contributed by atoms with Crippen molar-refractivity contribution in [3.8, 4) is 0 Å². The van der Waals surface area contributed by atoms with Crippen LogP contribution in [-0.2, 0) is 39.0 Å². The van der Waals surface area contributed by atoms with Crippen LogP contribution in [-0.4, -0.2) is 0 Å². The second-order valence-electron chi connectivity index (χ2n) is 0. The van der Waals surface area contributed by atoms with Gasteiger partial charge in [0.25, 0.3) is 0 Å². The fourth-order valence-corrected chi connectivity index (χ4v) is 0. The second-order valence-corrected chi connectivity index (χ2v) is 0. The number of rotatable bonds is 0. The van der Waals surface area contributed by atoms with Gasteiger partial charge in [-0.1, -0.05) is 0 Å². The molecule has 0 aromatic heterocycles. The zero-order chi connectivity index (χ0) is 0. The molecule has 5 heteroatoms. The summed E-state index contributed by atoms with van der Waals surface area (Å²) in [6.45, 7) is 0. The van der Waals surface area contributed by atoms with Crippen molar-refractivity contribution in [3.63, 3.8) is 0 Å². The molecule has 0 atom stereocenters. The van der Waals surface area contributed by atoms with Crippen molar-refractivity contribution in [1.29, 1.82) is 0 Å². The van der Waals surface area contributed by atoms with Crippen molar-refractivity contribution in [3.05, 3.63) is 0 Å². The molecule has 0 heterocycles. The summed E-state index contributed by atoms with van der Waals surface area (Å²) in [5.41, 5.74) is 0. The van der Waals surface area contributed by atoms with E-state index in [0.29, 0.717) is 0 Å². The molecule has 0 bridgehead atoms. The maximum Gasteiger partial charge on any atom is 6.00 e. The van der Waals surface area contributed by atoms with Gasteiger partial charge >= 0.3 is 17.1 Å². The molecule has 0 saturated carbocycles. The topological polar surface area (TPSA) is 114 Å². The average Bonchev–Trinajstić information content (AvgIpc) is 0. The molecule has 0 aliphatic heterocycles. The molecule has 0 saturated heterocycles. The third-order valence-electron chi connectivity index (χ3n) is 0. The zero-order valence-electron chi connectivity index (χ0n) is 1.99. The first-order valence-electron chi connectivity index (χ1n) is 0. The molecule has 4 nitrogen and oxygen atoms in total. The Balaban J connectivity index is 0. The van der Waals surface area contributed by atoms with Crippen LogP contribution in [0.4, 0.5) is 0 Å². The van der Waals surface area contributed by atoms with Crippen LogP contribution >= 0.6 is 0 Å². The molecule has 0 aliphatic carbocycles. The molecule has 0 fully saturated rings. The van der Waals surface area contributed by atoms with Crippen LogP contribution in [0.5, 0.6) is 0 Å². The molecule has 0 amide bonds. The molecule has 0 unspecified atom stereocenters. The van der Waals surface area contributed by atoms with E-state index < -0.39 is 0 Å². The van der Waals surface area contributed by atoms with E-state index >= 15 is 0 Å². The van der Waals surface area contributed by atoms with Gasteiger partial charge in [-0.15, -0.1) is 0 Å². The Hall–Kier alpha value is 0.359. The van der Waals surface area contributed by atoms with Crippen LogP contribution in [0.1, 0.15) is 0 Å². The van der Waals surface area contributed by atoms with Crippen molar-refractivity contribution in [2.45, 2.75) is 0 Å². The van der Waals surface area contributed by atoms with Gasteiger partial charge in [-0.25, -0.2) is 0 Å². The molecule has 0 N–H and O–H groups in total. The third-order valence-corrected chi connectivity index (χ3v) is 0. The van der Waals surface area contributed by atoms with E-state index in [1.807, 2.05) is 0 Å². The monoisotopic (exact) mass is 120 g/mol. The minimum absolute atomic E-state index is 0. The Labute approximate surface area is 39.9 Å². The van der Waals surface area contributed by atoms with Crippen molar-refractivity contribution in [2.24, 2.45) is 0 Å². The van der Waals surface area contributed by atoms with Crippen LogP contribution in [0.25, 0.3) is 0 Å². The largest absolute Gasteiger partial charge is 6.00 e. The van der Waals surface area contributed by atoms with Gasteiger partial charge in [0.1, 0.15) is 0 Å². The van der Waals surface area contributed by atoms with Gasteiger partial charge in [-0.2, -0.15) is 0 Å². The summed E-state index contributed by atoms with van der Waals surface area (Å²) in [6.07, 6.45) is 0. The van der Waals surface area contributed by atoms with Gasteiger partial charge in [0, 0.05) is 0 Å². The standard InChI is InChI=1S/Fe.4O/q+6;4*-2. The second kappa shape index (κ2) is 381. The molecule has 0 aromatic rings. The van der Waals surface area contributed by atoms with Crippen LogP contribution in [0.3, 0.4) is 0 Å². The summed E-state index contributed by atoms with van der Waals surface area (Å²) >= 11 is 0. The SMILES string of the molecule is [Fe+6].[O-2].[O-2].[O-2].[O-2]. The summed E-state index contributed by atoms with van der Waals surface area (Å²) < 4.78 is 0. The summed E-state index contributed by atoms with van der Waals surface area (Å²) in [7, 11) is 0. The van der Waals surface area contributed by atoms with Gasteiger partial charge in [-0.3, -0.25) is 0 Å². The fraction of sp³-hybridized carbons (Fsp3) is 0. The summed E-state index contributed by atoms with van der Waals surface area (Å²) in [4.78, 5) is 0. The van der Waals surface area contributed by atoms with Gasteiger partial charge in [0.15, 0.2) is 0 Å². The zero-order valence-corrected chi connectivity index (χ0v) is 3.09. The maximum absolute atomic E-state index is 0. The van der Waals surface area contributed by atoms with Crippen molar-refractivity contribution in [1.82, 2.24) is 0 Å². The van der Waals surface area contributed by atoms with E-state index in [1.54, 1.807) is 0 Å². The van der Waals surface area contributed by atoms with Gasteiger partial charge in [0.2, 0.25) is 0 Å². The summed E-state index contributed by atoms with van der Waals surface area (Å²) in [6, 6.07) is 0. The first kappa shape index (κ1) is 788. The molecule has 34 valence electrons. The Kier molecular flexibility index (Phi) is 60000. The van der Waals surface area contributed by atoms with E-state index in [-0.39, 0.29) is 39.0 Å². The maximum atomic E-state index is 0. The molecule has 0 rings (SSSR count). The smallest absolute Gasteiger partial charge is 2.00 e. The van der Waals surface area contributed by atoms with E-state index in [0.717, 1.165) is 0 Å². The Morgan fingerprint density at radius 2 is 0.400 bits per heavy atom. The predicted octanol–water partition coefficient (Wildman–Crippen LogP) is -0.478. The van der Waals surface area contributed by atoms with Crippen LogP contribution in [0.15, 0.2) is 0 Å². The molecule has 0 spiro atoms. The van der Waals surface area contributed by atoms with E-state index in [1.165, 1.54) is 0 Å². The van der Waals surface area contributed by atoms with Gasteiger partial charge < -0.3 is 21.9 Å². The Bertz CT molecular complexity index is 3.61. The number of hydrogen-bond donors (Lipinski definition) is 0. The predicted molar refractivity (Wildman–Crippen MR) is 2.75 cm³/mol. The third kappa shape index (κ3) is 188. The van der Waals surface area contributed by atoms with Crippen LogP contribution in [0, 0.1) is 0 Å². The summed E-state index contributed by atoms with van der Waals surface area (Å²) in [5, 5.41) is 0. The molecular weight excluding hydrogens is 120 g/mol. The minimum Gasteiger partial charge on any atom is -2.00 e. The van der Waals surface area contributed by atoms with Crippen molar-refractivity contribution in [2.75, 3.05) is 0 Å². The Morgan fingerprint density at radius 1 is 0.400 bits per heavy atom. The van der Waals surface area contributed by atoms with Crippen molar-refractivity contribution < 1.29 is 39.0 Å². The van der Waals surface area contributed by atoms with Gasteiger partial charge in [0.05, 0.1) is 0 Å². The normalized spacial score (nSPS) is 0. The quantitative estimate of drug-likeness (QED) is 0.384. The molecule has 0 aromatic carbocycles. The fourth-order valence-electron chi connectivity index (χ4n) is 0. The van der Waals surface area contributed by atoms with Crippen LogP contribution in [0.2, 0.25) is 0 Å². The van der Waals surface area contributed by atoms with Crippen molar-refractivity contribution >= 4 is 0 Å². The number of hydrogen-bond acceptors (Lipinski definition) is 0. The first-order valence-corrected chi connectivity index (χ1v) is 0. The Morgan fingerprint density at radius 3 is 0.400 bits per heavy atom. The molecule has 5 heavy (non-hydrogen) atoms. The van der Waals surface area contributed by atoms with Gasteiger partial charge in [-0.05, 0) is 0 Å². The van der Waals surface area contributed by atoms with E-state index in [9.17, 15) is 0 Å². The molecule has 0 radical (unpaired) electrons. The van der Waals surface area contributed by atoms with E-state index in [2.05, 4.69) is 0 Å². The molecule has 0 aliphatic rings. The summed E-state index contributed by atoms with van der Waals surface area (Å²) in [5.74, 6) is 0. The minimum atomic E-state index is 0.